The number of aliphatic hydroxyl groups is 2. The first kappa shape index (κ1) is 21.6. The topological polar surface area (TPSA) is 90.2 Å². The Kier molecular flexibility index (Phi) is 5.75. The fourth-order valence-corrected chi connectivity index (χ4v) is 6.00. The van der Waals surface area contributed by atoms with Crippen molar-refractivity contribution in [3.05, 3.63) is 43.0 Å². The first-order chi connectivity index (χ1) is 16.7. The zero-order chi connectivity index (χ0) is 23.1. The molecule has 0 radical (unpaired) electrons. The Bertz CT molecular complexity index is 1290. The molecule has 0 bridgehead atoms. The molecule has 3 N–H and O–H groups in total. The Morgan fingerprint density at radius 1 is 1.03 bits per heavy atom. The summed E-state index contributed by atoms with van der Waals surface area (Å²) in [7, 11) is 0. The fourth-order valence-electron chi connectivity index (χ4n) is 6.00. The molecule has 2 atom stereocenters. The van der Waals surface area contributed by atoms with Crippen molar-refractivity contribution >= 4 is 27.8 Å². The molecule has 34 heavy (non-hydrogen) atoms. The van der Waals surface area contributed by atoms with E-state index in [0.29, 0.717) is 19.0 Å². The van der Waals surface area contributed by atoms with Gasteiger partial charge in [0.1, 0.15) is 0 Å². The Morgan fingerprint density at radius 3 is 2.74 bits per heavy atom. The zero-order valence-electron chi connectivity index (χ0n) is 19.5. The number of benzene rings is 2. The fraction of sp³-hybridized carbons (Fsp3) is 0.481. The van der Waals surface area contributed by atoms with Crippen molar-refractivity contribution in [1.82, 2.24) is 19.5 Å². The molecule has 1 unspecified atom stereocenters. The van der Waals surface area contributed by atoms with Gasteiger partial charge in [0.25, 0.3) is 0 Å². The molecule has 2 fully saturated rings. The van der Waals surface area contributed by atoms with Gasteiger partial charge in [0.05, 0.1) is 40.8 Å². The first-order valence-electron chi connectivity index (χ1n) is 12.7. The summed E-state index contributed by atoms with van der Waals surface area (Å²) >= 11 is 0. The lowest BCUT2D eigenvalue weighted by molar-refractivity contribution is 0.0759. The van der Waals surface area contributed by atoms with E-state index in [0.717, 1.165) is 46.3 Å². The van der Waals surface area contributed by atoms with E-state index >= 15 is 0 Å². The Balaban J connectivity index is 1.35. The number of H-pyrrole nitrogens is 1. The summed E-state index contributed by atoms with van der Waals surface area (Å²) in [6.07, 6.45) is 11.3. The third-order valence-electron chi connectivity index (χ3n) is 7.95. The molecule has 2 aromatic carbocycles. The normalized spacial score (nSPS) is 22.1. The smallest absolute Gasteiger partial charge is 0.0962 e. The molecule has 7 nitrogen and oxygen atoms in total. The number of fused-ring (bicyclic) bond motifs is 2. The molecule has 1 saturated heterocycles. The molecule has 3 heterocycles. The lowest BCUT2D eigenvalue weighted by Crippen LogP contribution is -2.44. The van der Waals surface area contributed by atoms with Crippen LogP contribution in [0.25, 0.3) is 33.2 Å². The molecule has 1 aliphatic carbocycles. The highest BCUT2D eigenvalue weighted by Crippen LogP contribution is 2.36. The van der Waals surface area contributed by atoms with E-state index in [1.807, 2.05) is 6.33 Å². The van der Waals surface area contributed by atoms with Crippen molar-refractivity contribution in [3.8, 4) is 11.1 Å². The van der Waals surface area contributed by atoms with Gasteiger partial charge in [0.2, 0.25) is 0 Å². The van der Waals surface area contributed by atoms with Crippen LogP contribution in [0.1, 0.15) is 51.0 Å². The van der Waals surface area contributed by atoms with Crippen LogP contribution in [0.5, 0.6) is 0 Å². The van der Waals surface area contributed by atoms with Crippen molar-refractivity contribution in [2.24, 2.45) is 5.92 Å². The average Bonchev–Trinajstić information content (AvgIpc) is 3.52. The summed E-state index contributed by atoms with van der Waals surface area (Å²) in [5, 5.41) is 19.9. The molecule has 2 aromatic heterocycles. The number of imidazole rings is 2. The number of nitrogens with one attached hydrogen (secondary N) is 1. The van der Waals surface area contributed by atoms with Gasteiger partial charge in [-0.1, -0.05) is 25.3 Å². The highest BCUT2D eigenvalue weighted by atomic mass is 16.3. The third kappa shape index (κ3) is 3.87. The average molecular weight is 460 g/mol. The van der Waals surface area contributed by atoms with Crippen molar-refractivity contribution in [1.29, 1.82) is 0 Å². The minimum absolute atomic E-state index is 0.130. The summed E-state index contributed by atoms with van der Waals surface area (Å²) in [4.78, 5) is 14.9. The summed E-state index contributed by atoms with van der Waals surface area (Å²) < 4.78 is 2.37. The van der Waals surface area contributed by atoms with E-state index in [-0.39, 0.29) is 12.5 Å². The van der Waals surface area contributed by atoms with Gasteiger partial charge < -0.3 is 24.7 Å². The predicted molar refractivity (Wildman–Crippen MR) is 135 cm³/mol. The van der Waals surface area contributed by atoms with Crippen LogP contribution in [0.4, 0.5) is 5.69 Å². The van der Waals surface area contributed by atoms with Gasteiger partial charge in [0, 0.05) is 37.0 Å². The van der Waals surface area contributed by atoms with Crippen LogP contribution in [-0.2, 0) is 0 Å². The molecule has 1 saturated carbocycles. The molecule has 4 aromatic rings. The highest BCUT2D eigenvalue weighted by Gasteiger charge is 2.28. The molecule has 0 amide bonds. The molecule has 178 valence electrons. The number of hydrogen-bond donors (Lipinski definition) is 3. The van der Waals surface area contributed by atoms with E-state index in [2.05, 4.69) is 49.8 Å². The highest BCUT2D eigenvalue weighted by molar-refractivity contribution is 5.97. The van der Waals surface area contributed by atoms with Crippen molar-refractivity contribution in [2.75, 3.05) is 24.6 Å². The summed E-state index contributed by atoms with van der Waals surface area (Å²) in [5.74, 6) is 0.165. The van der Waals surface area contributed by atoms with Gasteiger partial charge in [-0.3, -0.25) is 0 Å². The number of anilines is 1. The van der Waals surface area contributed by atoms with E-state index in [1.54, 1.807) is 6.33 Å². The van der Waals surface area contributed by atoms with E-state index in [4.69, 9.17) is 4.98 Å². The maximum absolute atomic E-state index is 10.6. The Labute approximate surface area is 199 Å². The summed E-state index contributed by atoms with van der Waals surface area (Å²) in [6, 6.07) is 11.5. The number of nitrogens with zero attached hydrogens (tertiary/aromatic N) is 4. The van der Waals surface area contributed by atoms with Crippen LogP contribution in [0.15, 0.2) is 43.0 Å². The lowest BCUT2D eigenvalue weighted by Gasteiger charge is -2.37. The molecule has 2 aliphatic rings. The van der Waals surface area contributed by atoms with E-state index < -0.39 is 6.10 Å². The molecule has 1 aliphatic heterocycles. The monoisotopic (exact) mass is 459 g/mol. The molecule has 6 rings (SSSR count). The maximum atomic E-state index is 10.6. The summed E-state index contributed by atoms with van der Waals surface area (Å²) in [6.45, 7) is 1.57. The minimum Gasteiger partial charge on any atom is -0.396 e. The van der Waals surface area contributed by atoms with Crippen LogP contribution in [0.3, 0.4) is 0 Å². The van der Waals surface area contributed by atoms with E-state index in [1.165, 1.54) is 37.6 Å². The number of β-amino-alcohol motifs (C(OH)–C–C–N with tert-alkyl or cyclic N) is 1. The van der Waals surface area contributed by atoms with Crippen molar-refractivity contribution in [2.45, 2.75) is 57.1 Å². The number of aliphatic hydroxyl groups excluding tert-OH is 2. The van der Waals surface area contributed by atoms with Crippen LogP contribution in [0.2, 0.25) is 0 Å². The summed E-state index contributed by atoms with van der Waals surface area (Å²) in [5.41, 5.74) is 7.45. The molecular formula is C27H33N5O2. The van der Waals surface area contributed by atoms with Gasteiger partial charge in [-0.15, -0.1) is 0 Å². The first-order valence-corrected chi connectivity index (χ1v) is 12.7. The molecule has 7 heteroatoms. The lowest BCUT2D eigenvalue weighted by atomic mass is 9.90. The van der Waals surface area contributed by atoms with Crippen LogP contribution >= 0.6 is 0 Å². The number of aromatic amines is 1. The van der Waals surface area contributed by atoms with E-state index in [9.17, 15) is 10.2 Å². The molecule has 0 spiro atoms. The SMILES string of the molecule is OCCC1CCN(c2cc(-c3ccc4c(c3)ncn4C3CCCCC3)c3nc[nH]c3c2)C[C@@H]1O. The number of piperidine rings is 1. The largest absolute Gasteiger partial charge is 0.396 e. The van der Waals surface area contributed by atoms with Crippen LogP contribution in [-0.4, -0.2) is 55.5 Å². The second-order valence-corrected chi connectivity index (χ2v) is 10.0. The third-order valence-corrected chi connectivity index (χ3v) is 7.95. The maximum Gasteiger partial charge on any atom is 0.0962 e. The van der Waals surface area contributed by atoms with Crippen LogP contribution in [0, 0.1) is 5.92 Å². The minimum atomic E-state index is -0.429. The number of hydrogen-bond acceptors (Lipinski definition) is 5. The van der Waals surface area contributed by atoms with Crippen molar-refractivity contribution in [3.63, 3.8) is 0 Å². The second-order valence-electron chi connectivity index (χ2n) is 10.0. The Morgan fingerprint density at radius 2 is 1.91 bits per heavy atom. The van der Waals surface area contributed by atoms with Gasteiger partial charge in [-0.2, -0.15) is 0 Å². The van der Waals surface area contributed by atoms with Gasteiger partial charge in [-0.05, 0) is 61.4 Å². The van der Waals surface area contributed by atoms with Gasteiger partial charge >= 0.3 is 0 Å². The second kappa shape index (κ2) is 9.04. The van der Waals surface area contributed by atoms with Gasteiger partial charge in [0.15, 0.2) is 0 Å². The van der Waals surface area contributed by atoms with Crippen LogP contribution < -0.4 is 4.90 Å². The predicted octanol–water partition coefficient (Wildman–Crippen LogP) is 4.65. The number of rotatable bonds is 5. The quantitative estimate of drug-likeness (QED) is 0.404. The van der Waals surface area contributed by atoms with Gasteiger partial charge in [-0.25, -0.2) is 9.97 Å². The zero-order valence-corrected chi connectivity index (χ0v) is 19.5. The Hall–Kier alpha value is -2.90. The molecular weight excluding hydrogens is 426 g/mol. The number of aromatic nitrogens is 4. The van der Waals surface area contributed by atoms with Crippen molar-refractivity contribution < 1.29 is 10.2 Å². The standard InChI is InChI=1S/C27H33N5O2/c33-11-9-18-8-10-31(15-26(18)34)21-13-22(27-24(14-21)28-16-29-27)19-6-7-25-23(12-19)30-17-32(25)20-4-2-1-3-5-20/h6-7,12-14,16-18,20,26,33-34H,1-5,8-11,15H2,(H,28,29)/t18?,26-/m0/s1.